The van der Waals surface area contributed by atoms with Crippen molar-refractivity contribution in [2.24, 2.45) is 0 Å². The molecule has 4 heteroatoms. The molecular formula is C16H18N2O2. The second kappa shape index (κ2) is 6.70. The summed E-state index contributed by atoms with van der Waals surface area (Å²) in [7, 11) is 1.64. The van der Waals surface area contributed by atoms with Gasteiger partial charge in [-0.15, -0.1) is 0 Å². The molecule has 0 fully saturated rings. The normalized spacial score (nSPS) is 11.7. The number of anilines is 1. The van der Waals surface area contributed by atoms with Gasteiger partial charge in [-0.2, -0.15) is 0 Å². The Hall–Kier alpha value is -2.36. The minimum Gasteiger partial charge on any atom is -0.497 e. The highest BCUT2D eigenvalue weighted by Crippen LogP contribution is 2.23. The summed E-state index contributed by atoms with van der Waals surface area (Å²) in [5, 5.41) is 2.79. The quantitative estimate of drug-likeness (QED) is 0.907. The first-order chi connectivity index (χ1) is 9.69. The van der Waals surface area contributed by atoms with Crippen LogP contribution in [0.1, 0.15) is 24.8 Å². The summed E-state index contributed by atoms with van der Waals surface area (Å²) >= 11 is 0. The number of pyridine rings is 1. The van der Waals surface area contributed by atoms with Gasteiger partial charge in [0.05, 0.1) is 7.11 Å². The number of nitrogens with one attached hydrogen (secondary N) is 1. The van der Waals surface area contributed by atoms with E-state index >= 15 is 0 Å². The van der Waals surface area contributed by atoms with Gasteiger partial charge in [0.25, 0.3) is 0 Å². The molecular weight excluding hydrogens is 252 g/mol. The first-order valence-electron chi connectivity index (χ1n) is 6.54. The average molecular weight is 270 g/mol. The number of carbonyl (C=O) groups excluding carboxylic acids is 1. The second-order valence-corrected chi connectivity index (χ2v) is 4.64. The van der Waals surface area contributed by atoms with Crippen molar-refractivity contribution in [3.63, 3.8) is 0 Å². The third-order valence-electron chi connectivity index (χ3n) is 3.09. The van der Waals surface area contributed by atoms with Crippen LogP contribution in [-0.2, 0) is 4.79 Å². The van der Waals surface area contributed by atoms with Crippen molar-refractivity contribution in [1.82, 2.24) is 4.98 Å². The number of nitrogens with zero attached hydrogens (tertiary/aromatic N) is 1. The Morgan fingerprint density at radius 3 is 2.85 bits per heavy atom. The molecule has 2 aromatic rings. The van der Waals surface area contributed by atoms with E-state index < -0.39 is 0 Å². The van der Waals surface area contributed by atoms with E-state index in [1.54, 1.807) is 19.4 Å². The van der Waals surface area contributed by atoms with Crippen LogP contribution in [0.5, 0.6) is 5.75 Å². The molecule has 20 heavy (non-hydrogen) atoms. The molecule has 104 valence electrons. The van der Waals surface area contributed by atoms with Crippen LogP contribution in [0.15, 0.2) is 48.7 Å². The molecule has 0 aliphatic heterocycles. The highest BCUT2D eigenvalue weighted by molar-refractivity contribution is 5.90. The molecule has 0 saturated carbocycles. The van der Waals surface area contributed by atoms with Crippen molar-refractivity contribution < 1.29 is 9.53 Å². The first kappa shape index (κ1) is 14.1. The Morgan fingerprint density at radius 2 is 2.15 bits per heavy atom. The molecule has 1 amide bonds. The van der Waals surface area contributed by atoms with Crippen LogP contribution < -0.4 is 10.1 Å². The van der Waals surface area contributed by atoms with Gasteiger partial charge in [0.15, 0.2) is 0 Å². The molecule has 4 nitrogen and oxygen atoms in total. The van der Waals surface area contributed by atoms with Crippen molar-refractivity contribution in [2.45, 2.75) is 19.3 Å². The molecule has 0 aliphatic rings. The molecule has 0 aliphatic carbocycles. The zero-order valence-corrected chi connectivity index (χ0v) is 11.7. The lowest BCUT2D eigenvalue weighted by Crippen LogP contribution is -2.15. The highest BCUT2D eigenvalue weighted by Gasteiger charge is 2.12. The van der Waals surface area contributed by atoms with Gasteiger partial charge >= 0.3 is 0 Å². The fraction of sp³-hybridized carbons (Fsp3) is 0.250. The predicted octanol–water partition coefficient (Wildman–Crippen LogP) is 3.22. The molecule has 1 aromatic heterocycles. The van der Waals surface area contributed by atoms with E-state index in [1.807, 2.05) is 43.3 Å². The van der Waals surface area contributed by atoms with E-state index in [9.17, 15) is 4.79 Å². The summed E-state index contributed by atoms with van der Waals surface area (Å²) in [6.07, 6.45) is 2.06. The van der Waals surface area contributed by atoms with Crippen molar-refractivity contribution in [3.05, 3.63) is 54.2 Å². The van der Waals surface area contributed by atoms with Gasteiger partial charge in [0.1, 0.15) is 11.6 Å². The van der Waals surface area contributed by atoms with E-state index in [4.69, 9.17) is 4.74 Å². The Bertz CT molecular complexity index is 570. The Balaban J connectivity index is 1.96. The SMILES string of the molecule is COc1cccc(C(C)CC(=O)Nc2ccccn2)c1. The summed E-state index contributed by atoms with van der Waals surface area (Å²) in [6, 6.07) is 13.2. The highest BCUT2D eigenvalue weighted by atomic mass is 16.5. The van der Waals surface area contributed by atoms with Crippen molar-refractivity contribution in [3.8, 4) is 5.75 Å². The number of carbonyl (C=O) groups is 1. The molecule has 1 aromatic carbocycles. The maximum atomic E-state index is 12.0. The number of aromatic nitrogens is 1. The van der Waals surface area contributed by atoms with Gasteiger partial charge in [-0.05, 0) is 35.7 Å². The van der Waals surface area contributed by atoms with Crippen LogP contribution in [0.2, 0.25) is 0 Å². The van der Waals surface area contributed by atoms with Crippen LogP contribution in [0, 0.1) is 0 Å². The topological polar surface area (TPSA) is 51.2 Å². The van der Waals surface area contributed by atoms with Crippen molar-refractivity contribution in [1.29, 1.82) is 0 Å². The van der Waals surface area contributed by atoms with Gasteiger partial charge in [0, 0.05) is 12.6 Å². The number of hydrogen-bond acceptors (Lipinski definition) is 3. The largest absolute Gasteiger partial charge is 0.497 e. The van der Waals surface area contributed by atoms with Crippen LogP contribution in [-0.4, -0.2) is 18.0 Å². The molecule has 1 atom stereocenters. The summed E-state index contributed by atoms with van der Waals surface area (Å²) in [5.74, 6) is 1.46. The zero-order chi connectivity index (χ0) is 14.4. The lowest BCUT2D eigenvalue weighted by Gasteiger charge is -2.12. The Morgan fingerprint density at radius 1 is 1.30 bits per heavy atom. The molecule has 0 bridgehead atoms. The van der Waals surface area contributed by atoms with E-state index in [0.717, 1.165) is 11.3 Å². The fourth-order valence-electron chi connectivity index (χ4n) is 1.97. The van der Waals surface area contributed by atoms with Crippen molar-refractivity contribution >= 4 is 11.7 Å². The molecule has 0 radical (unpaired) electrons. The van der Waals surface area contributed by atoms with E-state index in [-0.39, 0.29) is 11.8 Å². The lowest BCUT2D eigenvalue weighted by molar-refractivity contribution is -0.116. The van der Waals surface area contributed by atoms with Crippen LogP contribution >= 0.6 is 0 Å². The predicted molar refractivity (Wildman–Crippen MR) is 78.9 cm³/mol. The summed E-state index contributed by atoms with van der Waals surface area (Å²) < 4.78 is 5.20. The number of rotatable bonds is 5. The van der Waals surface area contributed by atoms with Gasteiger partial charge < -0.3 is 10.1 Å². The lowest BCUT2D eigenvalue weighted by atomic mass is 9.97. The van der Waals surface area contributed by atoms with Gasteiger partial charge in [-0.3, -0.25) is 4.79 Å². The minimum atomic E-state index is -0.0426. The number of amides is 1. The van der Waals surface area contributed by atoms with E-state index in [2.05, 4.69) is 10.3 Å². The summed E-state index contributed by atoms with van der Waals surface area (Å²) in [6.45, 7) is 2.02. The Kier molecular flexibility index (Phi) is 4.71. The average Bonchev–Trinajstić information content (AvgIpc) is 2.48. The van der Waals surface area contributed by atoms with Gasteiger partial charge in [-0.25, -0.2) is 4.98 Å². The summed E-state index contributed by atoms with van der Waals surface area (Å²) in [5.41, 5.74) is 1.08. The van der Waals surface area contributed by atoms with Gasteiger partial charge in [0.2, 0.25) is 5.91 Å². The molecule has 2 rings (SSSR count). The number of hydrogen-bond donors (Lipinski definition) is 1. The number of methoxy groups -OCH3 is 1. The molecule has 0 saturated heterocycles. The van der Waals surface area contributed by atoms with Crippen LogP contribution in [0.3, 0.4) is 0 Å². The molecule has 1 unspecified atom stereocenters. The third-order valence-corrected chi connectivity index (χ3v) is 3.09. The standard InChI is InChI=1S/C16H18N2O2/c1-12(13-6-5-7-14(11-13)20-2)10-16(19)18-15-8-3-4-9-17-15/h3-9,11-12H,10H2,1-2H3,(H,17,18,19). The first-order valence-corrected chi connectivity index (χ1v) is 6.54. The molecule has 1 N–H and O–H groups in total. The molecule has 0 spiro atoms. The van der Waals surface area contributed by atoms with E-state index in [0.29, 0.717) is 12.2 Å². The summed E-state index contributed by atoms with van der Waals surface area (Å²) in [4.78, 5) is 16.0. The van der Waals surface area contributed by atoms with Crippen LogP contribution in [0.25, 0.3) is 0 Å². The zero-order valence-electron chi connectivity index (χ0n) is 11.7. The van der Waals surface area contributed by atoms with E-state index in [1.165, 1.54) is 0 Å². The van der Waals surface area contributed by atoms with Crippen molar-refractivity contribution in [2.75, 3.05) is 12.4 Å². The smallest absolute Gasteiger partial charge is 0.226 e. The third kappa shape index (κ3) is 3.82. The number of benzene rings is 1. The maximum Gasteiger partial charge on any atom is 0.226 e. The maximum absolute atomic E-state index is 12.0. The number of ether oxygens (including phenoxy) is 1. The van der Waals surface area contributed by atoms with Crippen LogP contribution in [0.4, 0.5) is 5.82 Å². The van der Waals surface area contributed by atoms with Gasteiger partial charge in [-0.1, -0.05) is 25.1 Å². The molecule has 1 heterocycles. The fourth-order valence-corrected chi connectivity index (χ4v) is 1.97. The second-order valence-electron chi connectivity index (χ2n) is 4.64. The Labute approximate surface area is 118 Å². The monoisotopic (exact) mass is 270 g/mol. The minimum absolute atomic E-state index is 0.0426.